The summed E-state index contributed by atoms with van der Waals surface area (Å²) in [7, 11) is 0. The molecule has 0 saturated carbocycles. The Morgan fingerprint density at radius 1 is 1.15 bits per heavy atom. The van der Waals surface area contributed by atoms with Crippen LogP contribution < -0.4 is 5.73 Å². The summed E-state index contributed by atoms with van der Waals surface area (Å²) in [6, 6.07) is 8.92. The first-order chi connectivity index (χ1) is 6.13. The van der Waals surface area contributed by atoms with E-state index in [-0.39, 0.29) is 10.1 Å². The number of carbonyl (C=O) groups is 1. The van der Waals surface area contributed by atoms with E-state index >= 15 is 0 Å². The highest BCUT2D eigenvalue weighted by Crippen LogP contribution is 2.24. The molecule has 13 heavy (non-hydrogen) atoms. The zero-order valence-electron chi connectivity index (χ0n) is 6.63. The molecule has 4 heteroatoms. The van der Waals surface area contributed by atoms with Crippen LogP contribution in [0, 0.1) is 0 Å². The molecule has 68 valence electrons. The molecule has 2 nitrogen and oxygen atoms in total. The lowest BCUT2D eigenvalue weighted by Crippen LogP contribution is -2.10. The number of amides is 1. The Labute approximate surface area is 85.9 Å². The lowest BCUT2D eigenvalue weighted by atomic mass is 10.2. The number of nitrogens with two attached hydrogens (primary N) is 1. The number of halogens is 2. The molecule has 0 unspecified atom stereocenters. The highest BCUT2D eigenvalue weighted by Gasteiger charge is 2.08. The number of primary amides is 1. The van der Waals surface area contributed by atoms with Crippen LogP contribution in [0.1, 0.15) is 5.56 Å². The average Bonchev–Trinajstić information content (AvgIpc) is 2.17. The van der Waals surface area contributed by atoms with Crippen molar-refractivity contribution in [2.45, 2.75) is 0 Å². The fraction of sp³-hybridized carbons (Fsp3) is 0. The van der Waals surface area contributed by atoms with E-state index in [2.05, 4.69) is 0 Å². The zero-order valence-corrected chi connectivity index (χ0v) is 8.14. The Balaban J connectivity index is 3.11. The standard InChI is InChI=1S/C9H7Cl2NO/c10-7(8(11)9(12)13)6-4-2-1-3-5-6/h1-5H,(H2,12,13). The largest absolute Gasteiger partial charge is 0.365 e. The van der Waals surface area contributed by atoms with Gasteiger partial charge in [0.05, 0.1) is 5.03 Å². The maximum Gasteiger partial charge on any atom is 0.261 e. The van der Waals surface area contributed by atoms with Crippen molar-refractivity contribution in [1.29, 1.82) is 0 Å². The van der Waals surface area contributed by atoms with Gasteiger partial charge in [-0.25, -0.2) is 0 Å². The van der Waals surface area contributed by atoms with Gasteiger partial charge in [0, 0.05) is 0 Å². The van der Waals surface area contributed by atoms with E-state index < -0.39 is 5.91 Å². The molecule has 0 aliphatic carbocycles. The second-order valence-electron chi connectivity index (χ2n) is 2.36. The van der Waals surface area contributed by atoms with Gasteiger partial charge in [-0.3, -0.25) is 4.79 Å². The van der Waals surface area contributed by atoms with Crippen LogP contribution in [-0.2, 0) is 4.79 Å². The summed E-state index contributed by atoms with van der Waals surface area (Å²) >= 11 is 11.4. The topological polar surface area (TPSA) is 43.1 Å². The highest BCUT2D eigenvalue weighted by molar-refractivity contribution is 6.59. The maximum absolute atomic E-state index is 10.7. The van der Waals surface area contributed by atoms with Crippen molar-refractivity contribution >= 4 is 34.1 Å². The molecule has 0 spiro atoms. The third-order valence-corrected chi connectivity index (χ3v) is 2.32. The molecule has 0 radical (unpaired) electrons. The molecule has 0 atom stereocenters. The number of benzene rings is 1. The van der Waals surface area contributed by atoms with E-state index in [4.69, 9.17) is 28.9 Å². The van der Waals surface area contributed by atoms with E-state index in [0.717, 1.165) is 0 Å². The van der Waals surface area contributed by atoms with E-state index in [0.29, 0.717) is 5.56 Å². The van der Waals surface area contributed by atoms with Crippen LogP contribution >= 0.6 is 23.2 Å². The summed E-state index contributed by atoms with van der Waals surface area (Å²) in [6.45, 7) is 0. The predicted octanol–water partition coefficient (Wildman–Crippen LogP) is 2.32. The van der Waals surface area contributed by atoms with Gasteiger partial charge in [-0.1, -0.05) is 53.5 Å². The Hall–Kier alpha value is -0.990. The van der Waals surface area contributed by atoms with Crippen molar-refractivity contribution in [1.82, 2.24) is 0 Å². The van der Waals surface area contributed by atoms with Gasteiger partial charge in [-0.15, -0.1) is 0 Å². The van der Waals surface area contributed by atoms with Gasteiger partial charge in [0.25, 0.3) is 5.91 Å². The molecule has 0 aliphatic heterocycles. The fourth-order valence-corrected chi connectivity index (χ4v) is 1.15. The minimum absolute atomic E-state index is 0.145. The minimum atomic E-state index is -0.726. The Bertz CT molecular complexity index is 346. The molecule has 1 amide bonds. The first kappa shape index (κ1) is 10.1. The monoisotopic (exact) mass is 215 g/mol. The summed E-state index contributed by atoms with van der Waals surface area (Å²) < 4.78 is 0. The van der Waals surface area contributed by atoms with Crippen molar-refractivity contribution in [3.05, 3.63) is 40.9 Å². The number of hydrogen-bond donors (Lipinski definition) is 1. The van der Waals surface area contributed by atoms with Crippen LogP contribution in [0.25, 0.3) is 5.03 Å². The van der Waals surface area contributed by atoms with E-state index in [9.17, 15) is 4.79 Å². The second kappa shape index (κ2) is 4.30. The predicted molar refractivity (Wildman–Crippen MR) is 54.3 cm³/mol. The van der Waals surface area contributed by atoms with Crippen LogP contribution in [-0.4, -0.2) is 5.91 Å². The summed E-state index contributed by atoms with van der Waals surface area (Å²) in [5.74, 6) is -0.726. The quantitative estimate of drug-likeness (QED) is 0.757. The second-order valence-corrected chi connectivity index (χ2v) is 3.11. The molecule has 0 aromatic heterocycles. The molecular formula is C9H7Cl2NO. The third kappa shape index (κ3) is 2.47. The first-order valence-electron chi connectivity index (χ1n) is 3.53. The van der Waals surface area contributed by atoms with Crippen molar-refractivity contribution in [3.8, 4) is 0 Å². The summed E-state index contributed by atoms with van der Waals surface area (Å²) in [5.41, 5.74) is 5.64. The smallest absolute Gasteiger partial charge is 0.261 e. The van der Waals surface area contributed by atoms with Crippen molar-refractivity contribution in [2.24, 2.45) is 5.73 Å². The summed E-state index contributed by atoms with van der Waals surface area (Å²) in [5, 5.41) is 0.0302. The fourth-order valence-electron chi connectivity index (χ4n) is 0.819. The molecular weight excluding hydrogens is 209 g/mol. The molecule has 0 saturated heterocycles. The summed E-state index contributed by atoms with van der Waals surface area (Å²) in [4.78, 5) is 10.7. The number of hydrogen-bond acceptors (Lipinski definition) is 1. The maximum atomic E-state index is 10.7. The van der Waals surface area contributed by atoms with Gasteiger partial charge in [0.1, 0.15) is 5.03 Å². The van der Waals surface area contributed by atoms with E-state index in [1.165, 1.54) is 0 Å². The summed E-state index contributed by atoms with van der Waals surface area (Å²) in [6.07, 6.45) is 0. The van der Waals surface area contributed by atoms with Crippen LogP contribution in [0.2, 0.25) is 0 Å². The van der Waals surface area contributed by atoms with E-state index in [1.54, 1.807) is 24.3 Å². The van der Waals surface area contributed by atoms with Crippen LogP contribution in [0.4, 0.5) is 0 Å². The molecule has 0 fully saturated rings. The lowest BCUT2D eigenvalue weighted by molar-refractivity contribution is -0.113. The molecule has 0 bridgehead atoms. The van der Waals surface area contributed by atoms with Gasteiger partial charge >= 0.3 is 0 Å². The minimum Gasteiger partial charge on any atom is -0.365 e. The third-order valence-electron chi connectivity index (χ3n) is 1.44. The van der Waals surface area contributed by atoms with Crippen LogP contribution in [0.3, 0.4) is 0 Å². The van der Waals surface area contributed by atoms with Gasteiger partial charge in [0.2, 0.25) is 0 Å². The first-order valence-corrected chi connectivity index (χ1v) is 4.29. The van der Waals surface area contributed by atoms with Crippen molar-refractivity contribution in [3.63, 3.8) is 0 Å². The Kier molecular flexibility index (Phi) is 3.34. The van der Waals surface area contributed by atoms with Crippen molar-refractivity contribution < 1.29 is 4.79 Å². The van der Waals surface area contributed by atoms with Crippen molar-refractivity contribution in [2.75, 3.05) is 0 Å². The molecule has 1 aromatic carbocycles. The SMILES string of the molecule is NC(=O)C(Cl)=C(Cl)c1ccccc1. The van der Waals surface area contributed by atoms with Crippen LogP contribution in [0.15, 0.2) is 35.4 Å². The Morgan fingerprint density at radius 3 is 2.15 bits per heavy atom. The highest BCUT2D eigenvalue weighted by atomic mass is 35.5. The molecule has 0 aliphatic rings. The average molecular weight is 216 g/mol. The van der Waals surface area contributed by atoms with Crippen LogP contribution in [0.5, 0.6) is 0 Å². The molecule has 0 heterocycles. The molecule has 1 aromatic rings. The van der Waals surface area contributed by atoms with Gasteiger partial charge in [-0.05, 0) is 5.56 Å². The van der Waals surface area contributed by atoms with Gasteiger partial charge in [-0.2, -0.15) is 0 Å². The Morgan fingerprint density at radius 2 is 1.69 bits per heavy atom. The number of carbonyl (C=O) groups excluding carboxylic acids is 1. The van der Waals surface area contributed by atoms with Gasteiger partial charge in [0.15, 0.2) is 0 Å². The molecule has 2 N–H and O–H groups in total. The van der Waals surface area contributed by atoms with Gasteiger partial charge < -0.3 is 5.73 Å². The normalized spacial score (nSPS) is 12.2. The molecule has 1 rings (SSSR count). The lowest BCUT2D eigenvalue weighted by Gasteiger charge is -1.99. The number of rotatable bonds is 2. The van der Waals surface area contributed by atoms with E-state index in [1.807, 2.05) is 6.07 Å². The zero-order chi connectivity index (χ0) is 9.84.